The van der Waals surface area contributed by atoms with Crippen molar-refractivity contribution in [1.82, 2.24) is 15.5 Å². The minimum Gasteiger partial charge on any atom is -0.339 e. The van der Waals surface area contributed by atoms with Gasteiger partial charge in [-0.25, -0.2) is 0 Å². The Balaban J connectivity index is 1.94. The molecule has 0 aliphatic rings. The first-order chi connectivity index (χ1) is 8.78. The maximum Gasteiger partial charge on any atom is 0.231 e. The summed E-state index contributed by atoms with van der Waals surface area (Å²) >= 11 is 5.93. The Morgan fingerprint density at radius 2 is 2.28 bits per heavy atom. The van der Waals surface area contributed by atoms with Crippen molar-refractivity contribution in [1.29, 1.82) is 0 Å². The molecule has 0 saturated carbocycles. The van der Waals surface area contributed by atoms with Gasteiger partial charge in [0.1, 0.15) is 0 Å². The van der Waals surface area contributed by atoms with Crippen LogP contribution in [0.1, 0.15) is 23.7 Å². The summed E-state index contributed by atoms with van der Waals surface area (Å²) in [5.41, 5.74) is 1.08. The number of nitrogens with zero attached hydrogens (tertiary/aromatic N) is 2. The van der Waals surface area contributed by atoms with E-state index in [-0.39, 0.29) is 0 Å². The lowest BCUT2D eigenvalue weighted by molar-refractivity contribution is 0.379. The molecule has 18 heavy (non-hydrogen) atoms. The Hall–Kier alpha value is -1.39. The topological polar surface area (TPSA) is 51.0 Å². The number of rotatable bonds is 6. The monoisotopic (exact) mass is 265 g/mol. The average molecular weight is 266 g/mol. The van der Waals surface area contributed by atoms with Crippen molar-refractivity contribution in [2.45, 2.75) is 19.3 Å². The van der Waals surface area contributed by atoms with Gasteiger partial charge in [0.2, 0.25) is 5.89 Å². The van der Waals surface area contributed by atoms with Crippen LogP contribution in [0.4, 0.5) is 0 Å². The Bertz CT molecular complexity index is 498. The van der Waals surface area contributed by atoms with Crippen molar-refractivity contribution in [2.24, 2.45) is 0 Å². The SMILES string of the molecule is CNCCCc1noc(Cc2cccc(Cl)c2)n1. The second-order valence-electron chi connectivity index (χ2n) is 4.12. The molecule has 0 bridgehead atoms. The Morgan fingerprint density at radius 1 is 1.39 bits per heavy atom. The van der Waals surface area contributed by atoms with E-state index < -0.39 is 0 Å². The van der Waals surface area contributed by atoms with Crippen LogP contribution in [0.15, 0.2) is 28.8 Å². The molecule has 0 aliphatic carbocycles. The molecule has 0 spiro atoms. The van der Waals surface area contributed by atoms with Crippen molar-refractivity contribution in [3.63, 3.8) is 0 Å². The van der Waals surface area contributed by atoms with Crippen LogP contribution in [0.25, 0.3) is 0 Å². The molecular weight excluding hydrogens is 250 g/mol. The Morgan fingerprint density at radius 3 is 3.06 bits per heavy atom. The molecule has 0 fully saturated rings. The minimum atomic E-state index is 0.625. The summed E-state index contributed by atoms with van der Waals surface area (Å²) < 4.78 is 5.21. The fourth-order valence-corrected chi connectivity index (χ4v) is 1.92. The van der Waals surface area contributed by atoms with Crippen LogP contribution < -0.4 is 5.32 Å². The molecular formula is C13H16ClN3O. The third-order valence-corrected chi connectivity index (χ3v) is 2.82. The predicted molar refractivity (Wildman–Crippen MR) is 70.8 cm³/mol. The summed E-state index contributed by atoms with van der Waals surface area (Å²) in [6.45, 7) is 0.957. The Kier molecular flexibility index (Phi) is 4.73. The van der Waals surface area contributed by atoms with Crippen LogP contribution in [0, 0.1) is 0 Å². The van der Waals surface area contributed by atoms with Gasteiger partial charge >= 0.3 is 0 Å². The van der Waals surface area contributed by atoms with E-state index in [4.69, 9.17) is 16.1 Å². The molecule has 5 heteroatoms. The summed E-state index contributed by atoms with van der Waals surface area (Å²) in [6.07, 6.45) is 2.46. The molecule has 1 heterocycles. The van der Waals surface area contributed by atoms with Gasteiger partial charge in [-0.2, -0.15) is 4.98 Å². The highest BCUT2D eigenvalue weighted by molar-refractivity contribution is 6.30. The summed E-state index contributed by atoms with van der Waals surface area (Å²) in [5.74, 6) is 1.40. The molecule has 2 aromatic rings. The van der Waals surface area contributed by atoms with E-state index in [9.17, 15) is 0 Å². The van der Waals surface area contributed by atoms with Crippen molar-refractivity contribution >= 4 is 11.6 Å². The summed E-state index contributed by atoms with van der Waals surface area (Å²) in [6, 6.07) is 7.67. The average Bonchev–Trinajstić information content (AvgIpc) is 2.77. The number of aromatic nitrogens is 2. The summed E-state index contributed by atoms with van der Waals surface area (Å²) in [7, 11) is 1.93. The first kappa shape index (κ1) is 13.1. The molecule has 4 nitrogen and oxygen atoms in total. The van der Waals surface area contributed by atoms with E-state index in [0.717, 1.165) is 35.8 Å². The van der Waals surface area contributed by atoms with Crippen molar-refractivity contribution in [3.8, 4) is 0 Å². The first-order valence-electron chi connectivity index (χ1n) is 5.98. The second kappa shape index (κ2) is 6.52. The van der Waals surface area contributed by atoms with Gasteiger partial charge in [-0.3, -0.25) is 0 Å². The van der Waals surface area contributed by atoms with E-state index >= 15 is 0 Å². The number of benzene rings is 1. The maximum absolute atomic E-state index is 5.93. The third-order valence-electron chi connectivity index (χ3n) is 2.58. The quantitative estimate of drug-likeness (QED) is 0.816. The fourth-order valence-electron chi connectivity index (χ4n) is 1.71. The van der Waals surface area contributed by atoms with Crippen LogP contribution in [0.5, 0.6) is 0 Å². The fraction of sp³-hybridized carbons (Fsp3) is 0.385. The zero-order chi connectivity index (χ0) is 12.8. The van der Waals surface area contributed by atoms with E-state index in [1.54, 1.807) is 0 Å². The van der Waals surface area contributed by atoms with Crippen molar-refractivity contribution in [2.75, 3.05) is 13.6 Å². The molecule has 2 rings (SSSR count). The summed E-state index contributed by atoms with van der Waals surface area (Å²) in [5, 5.41) is 7.77. The van der Waals surface area contributed by atoms with E-state index in [1.807, 2.05) is 31.3 Å². The molecule has 0 radical (unpaired) electrons. The number of aryl methyl sites for hydroxylation is 1. The molecule has 1 aromatic heterocycles. The highest BCUT2D eigenvalue weighted by Crippen LogP contribution is 2.14. The highest BCUT2D eigenvalue weighted by Gasteiger charge is 2.07. The van der Waals surface area contributed by atoms with Gasteiger partial charge in [-0.1, -0.05) is 28.9 Å². The number of halogens is 1. The van der Waals surface area contributed by atoms with Gasteiger partial charge < -0.3 is 9.84 Å². The van der Waals surface area contributed by atoms with E-state index in [0.29, 0.717) is 12.3 Å². The normalized spacial score (nSPS) is 10.8. The minimum absolute atomic E-state index is 0.625. The third kappa shape index (κ3) is 3.82. The molecule has 0 atom stereocenters. The van der Waals surface area contributed by atoms with E-state index in [1.165, 1.54) is 0 Å². The lowest BCUT2D eigenvalue weighted by Crippen LogP contribution is -2.08. The van der Waals surface area contributed by atoms with Crippen molar-refractivity contribution in [3.05, 3.63) is 46.6 Å². The largest absolute Gasteiger partial charge is 0.339 e. The first-order valence-corrected chi connectivity index (χ1v) is 6.36. The standard InChI is InChI=1S/C13H16ClN3O/c1-15-7-3-6-12-16-13(18-17-12)9-10-4-2-5-11(14)8-10/h2,4-5,8,15H,3,6-7,9H2,1H3. The van der Waals surface area contributed by atoms with E-state index in [2.05, 4.69) is 15.5 Å². The van der Waals surface area contributed by atoms with Gasteiger partial charge in [-0.05, 0) is 37.7 Å². The Labute approximate surface area is 111 Å². The maximum atomic E-state index is 5.93. The van der Waals surface area contributed by atoms with Gasteiger partial charge in [0, 0.05) is 11.4 Å². The number of hydrogen-bond donors (Lipinski definition) is 1. The van der Waals surface area contributed by atoms with Gasteiger partial charge in [0.15, 0.2) is 5.82 Å². The molecule has 0 amide bonds. The van der Waals surface area contributed by atoms with Crippen molar-refractivity contribution < 1.29 is 4.52 Å². The lowest BCUT2D eigenvalue weighted by Gasteiger charge is -1.96. The van der Waals surface area contributed by atoms with Crippen LogP contribution in [-0.4, -0.2) is 23.7 Å². The smallest absolute Gasteiger partial charge is 0.231 e. The van der Waals surface area contributed by atoms with Gasteiger partial charge in [0.05, 0.1) is 6.42 Å². The van der Waals surface area contributed by atoms with Crippen LogP contribution in [0.3, 0.4) is 0 Å². The van der Waals surface area contributed by atoms with Gasteiger partial charge in [-0.15, -0.1) is 0 Å². The molecule has 0 unspecified atom stereocenters. The molecule has 1 N–H and O–H groups in total. The molecule has 96 valence electrons. The molecule has 1 aromatic carbocycles. The van der Waals surface area contributed by atoms with Crippen LogP contribution in [-0.2, 0) is 12.8 Å². The zero-order valence-electron chi connectivity index (χ0n) is 10.3. The van der Waals surface area contributed by atoms with Crippen LogP contribution >= 0.6 is 11.6 Å². The summed E-state index contributed by atoms with van der Waals surface area (Å²) in [4.78, 5) is 4.36. The molecule has 0 aliphatic heterocycles. The zero-order valence-corrected chi connectivity index (χ0v) is 11.1. The molecule has 0 saturated heterocycles. The number of hydrogen-bond acceptors (Lipinski definition) is 4. The van der Waals surface area contributed by atoms with Crippen LogP contribution in [0.2, 0.25) is 5.02 Å². The highest BCUT2D eigenvalue weighted by atomic mass is 35.5. The van der Waals surface area contributed by atoms with Gasteiger partial charge in [0.25, 0.3) is 0 Å². The second-order valence-corrected chi connectivity index (χ2v) is 4.55. The number of nitrogens with one attached hydrogen (secondary N) is 1. The lowest BCUT2D eigenvalue weighted by atomic mass is 10.1. The predicted octanol–water partition coefficient (Wildman–Crippen LogP) is 2.47.